The summed E-state index contributed by atoms with van der Waals surface area (Å²) in [5.74, 6) is 0.782. The predicted molar refractivity (Wildman–Crippen MR) is 117 cm³/mol. The summed E-state index contributed by atoms with van der Waals surface area (Å²) in [7, 11) is 1.85. The van der Waals surface area contributed by atoms with Gasteiger partial charge in [-0.3, -0.25) is 4.68 Å². The molecule has 0 spiro atoms. The number of nitrogens with zero attached hydrogens (tertiary/aromatic N) is 4. The first kappa shape index (κ1) is 21.0. The Kier molecular flexibility index (Phi) is 5.77. The molecule has 1 fully saturated rings. The standard InChI is InChI=1S/C22H28N6O3/c1-22(2,3)31-21(29)27-19-13-30-12-15-9-14(5-6-17(15)19)18-7-8-23-20(26-18)25-16-10-24-28(4)11-16/h5-11,15,17,19H,12-13H2,1-4H3,(H,27,29)(H,23,25,26). The van der Waals surface area contributed by atoms with E-state index in [4.69, 9.17) is 9.47 Å². The van der Waals surface area contributed by atoms with Gasteiger partial charge in [0.25, 0.3) is 0 Å². The SMILES string of the molecule is Cn1cc(Nc2nccc(C3=CC4COCC(NC(=O)OC(C)(C)C)C4C=C3)n2)cn1. The van der Waals surface area contributed by atoms with Crippen LogP contribution in [0.5, 0.6) is 0 Å². The Morgan fingerprint density at radius 3 is 2.90 bits per heavy atom. The average molecular weight is 425 g/mol. The molecule has 0 bridgehead atoms. The molecule has 0 aromatic carbocycles. The average Bonchev–Trinajstić information content (AvgIpc) is 3.11. The van der Waals surface area contributed by atoms with Crippen molar-refractivity contribution in [3.8, 4) is 0 Å². The molecule has 2 aromatic rings. The van der Waals surface area contributed by atoms with Gasteiger partial charge in [-0.05, 0) is 32.4 Å². The molecule has 164 valence electrons. The number of hydrogen-bond donors (Lipinski definition) is 2. The number of carbonyl (C=O) groups excluding carboxylic acids is 1. The van der Waals surface area contributed by atoms with E-state index in [1.165, 1.54) is 0 Å². The van der Waals surface area contributed by atoms with Gasteiger partial charge in [0.05, 0.1) is 36.8 Å². The first-order valence-corrected chi connectivity index (χ1v) is 10.3. The number of allylic oxidation sites excluding steroid dienone is 2. The summed E-state index contributed by atoms with van der Waals surface area (Å²) in [6, 6.07) is 1.74. The van der Waals surface area contributed by atoms with Crippen LogP contribution in [0.2, 0.25) is 0 Å². The normalized spacial score (nSPS) is 23.0. The second kappa shape index (κ2) is 8.50. The fourth-order valence-corrected chi connectivity index (χ4v) is 3.75. The second-order valence-corrected chi connectivity index (χ2v) is 8.81. The van der Waals surface area contributed by atoms with Gasteiger partial charge < -0.3 is 20.1 Å². The molecule has 3 atom stereocenters. The van der Waals surface area contributed by atoms with Crippen molar-refractivity contribution < 1.29 is 14.3 Å². The molecule has 0 saturated carbocycles. The van der Waals surface area contributed by atoms with Crippen LogP contribution in [0.4, 0.5) is 16.4 Å². The highest BCUT2D eigenvalue weighted by atomic mass is 16.6. The van der Waals surface area contributed by atoms with Gasteiger partial charge in [-0.25, -0.2) is 14.8 Å². The number of ether oxygens (including phenoxy) is 2. The van der Waals surface area contributed by atoms with Crippen LogP contribution in [0.1, 0.15) is 26.5 Å². The van der Waals surface area contributed by atoms with Crippen molar-refractivity contribution in [3.05, 3.63) is 48.6 Å². The van der Waals surface area contributed by atoms with Crippen LogP contribution in [0, 0.1) is 11.8 Å². The molecule has 1 amide bonds. The minimum absolute atomic E-state index is 0.137. The van der Waals surface area contributed by atoms with E-state index in [1.54, 1.807) is 17.1 Å². The molecular weight excluding hydrogens is 396 g/mol. The van der Waals surface area contributed by atoms with E-state index < -0.39 is 11.7 Å². The molecule has 1 saturated heterocycles. The third-order valence-electron chi connectivity index (χ3n) is 5.07. The molecule has 2 aromatic heterocycles. The maximum absolute atomic E-state index is 12.2. The van der Waals surface area contributed by atoms with Crippen LogP contribution in [-0.2, 0) is 16.5 Å². The van der Waals surface area contributed by atoms with Crippen LogP contribution in [-0.4, -0.2) is 50.7 Å². The smallest absolute Gasteiger partial charge is 0.407 e. The van der Waals surface area contributed by atoms with E-state index in [2.05, 4.69) is 37.9 Å². The van der Waals surface area contributed by atoms with Gasteiger partial charge in [0.1, 0.15) is 5.60 Å². The largest absolute Gasteiger partial charge is 0.444 e. The number of carbonyl (C=O) groups is 1. The lowest BCUT2D eigenvalue weighted by Gasteiger charge is -2.37. The van der Waals surface area contributed by atoms with E-state index in [0.717, 1.165) is 17.0 Å². The second-order valence-electron chi connectivity index (χ2n) is 8.81. The van der Waals surface area contributed by atoms with Crippen molar-refractivity contribution in [3.63, 3.8) is 0 Å². The number of rotatable bonds is 4. The van der Waals surface area contributed by atoms with E-state index >= 15 is 0 Å². The van der Waals surface area contributed by atoms with Crippen LogP contribution < -0.4 is 10.6 Å². The van der Waals surface area contributed by atoms with Gasteiger partial charge in [-0.1, -0.05) is 18.2 Å². The number of aromatic nitrogens is 4. The molecule has 3 unspecified atom stereocenters. The summed E-state index contributed by atoms with van der Waals surface area (Å²) in [5.41, 5.74) is 2.10. The van der Waals surface area contributed by atoms with Gasteiger partial charge in [-0.15, -0.1) is 0 Å². The van der Waals surface area contributed by atoms with Crippen LogP contribution in [0.15, 0.2) is 42.9 Å². The van der Waals surface area contributed by atoms with Crippen molar-refractivity contribution in [1.29, 1.82) is 0 Å². The number of aryl methyl sites for hydroxylation is 1. The summed E-state index contributed by atoms with van der Waals surface area (Å²) < 4.78 is 12.9. The van der Waals surface area contributed by atoms with Crippen molar-refractivity contribution in [2.24, 2.45) is 18.9 Å². The van der Waals surface area contributed by atoms with E-state index in [-0.39, 0.29) is 17.9 Å². The fraction of sp³-hybridized carbons (Fsp3) is 0.455. The van der Waals surface area contributed by atoms with Crippen molar-refractivity contribution in [2.75, 3.05) is 18.5 Å². The number of anilines is 2. The summed E-state index contributed by atoms with van der Waals surface area (Å²) in [4.78, 5) is 21.2. The Morgan fingerprint density at radius 1 is 1.32 bits per heavy atom. The molecular formula is C22H28N6O3. The molecule has 2 aliphatic rings. The van der Waals surface area contributed by atoms with Crippen LogP contribution in [0.3, 0.4) is 0 Å². The third kappa shape index (κ3) is 5.29. The van der Waals surface area contributed by atoms with Gasteiger partial charge >= 0.3 is 6.09 Å². The number of nitrogens with one attached hydrogen (secondary N) is 2. The zero-order valence-electron chi connectivity index (χ0n) is 18.2. The zero-order valence-corrected chi connectivity index (χ0v) is 18.2. The highest BCUT2D eigenvalue weighted by Gasteiger charge is 2.35. The Hall–Kier alpha value is -3.20. The van der Waals surface area contributed by atoms with Crippen molar-refractivity contribution in [1.82, 2.24) is 25.1 Å². The molecule has 1 aliphatic heterocycles. The Morgan fingerprint density at radius 2 is 2.16 bits per heavy atom. The minimum atomic E-state index is -0.539. The van der Waals surface area contributed by atoms with Gasteiger partial charge in [0.15, 0.2) is 0 Å². The lowest BCUT2D eigenvalue weighted by atomic mass is 9.79. The molecule has 1 aliphatic carbocycles. The lowest BCUT2D eigenvalue weighted by molar-refractivity contribution is 0.00855. The number of alkyl carbamates (subject to hydrolysis) is 1. The summed E-state index contributed by atoms with van der Waals surface area (Å²) in [5, 5.41) is 10.3. The minimum Gasteiger partial charge on any atom is -0.444 e. The zero-order chi connectivity index (χ0) is 22.0. The monoisotopic (exact) mass is 424 g/mol. The molecule has 4 rings (SSSR count). The fourth-order valence-electron chi connectivity index (χ4n) is 3.75. The van der Waals surface area contributed by atoms with Gasteiger partial charge in [0.2, 0.25) is 5.95 Å². The number of hydrogen-bond acceptors (Lipinski definition) is 7. The maximum atomic E-state index is 12.2. The highest BCUT2D eigenvalue weighted by Crippen LogP contribution is 2.33. The maximum Gasteiger partial charge on any atom is 0.407 e. The molecule has 3 heterocycles. The van der Waals surface area contributed by atoms with Crippen LogP contribution >= 0.6 is 0 Å². The van der Waals surface area contributed by atoms with E-state index in [1.807, 2.05) is 46.2 Å². The molecule has 0 radical (unpaired) electrons. The van der Waals surface area contributed by atoms with Crippen molar-refractivity contribution >= 4 is 23.3 Å². The molecule has 9 nitrogen and oxygen atoms in total. The number of fused-ring (bicyclic) bond motifs is 1. The summed E-state index contributed by atoms with van der Waals surface area (Å²) >= 11 is 0. The highest BCUT2D eigenvalue weighted by molar-refractivity contribution is 5.74. The topological polar surface area (TPSA) is 103 Å². The lowest BCUT2D eigenvalue weighted by Crippen LogP contribution is -2.50. The Balaban J connectivity index is 1.46. The molecule has 31 heavy (non-hydrogen) atoms. The van der Waals surface area contributed by atoms with E-state index in [0.29, 0.717) is 19.2 Å². The van der Waals surface area contributed by atoms with Crippen molar-refractivity contribution in [2.45, 2.75) is 32.4 Å². The first-order chi connectivity index (χ1) is 14.8. The molecule has 9 heteroatoms. The summed E-state index contributed by atoms with van der Waals surface area (Å²) in [6.07, 6.45) is 11.2. The quantitative estimate of drug-likeness (QED) is 0.777. The number of amides is 1. The van der Waals surface area contributed by atoms with Gasteiger partial charge in [-0.2, -0.15) is 5.10 Å². The first-order valence-electron chi connectivity index (χ1n) is 10.3. The third-order valence-corrected chi connectivity index (χ3v) is 5.07. The summed E-state index contributed by atoms with van der Waals surface area (Å²) in [6.45, 7) is 6.60. The van der Waals surface area contributed by atoms with Crippen LogP contribution in [0.25, 0.3) is 5.57 Å². The Labute approximate surface area is 181 Å². The predicted octanol–water partition coefficient (Wildman–Crippen LogP) is 3.06. The van der Waals surface area contributed by atoms with Gasteiger partial charge in [0, 0.05) is 31.3 Å². The Bertz CT molecular complexity index is 1010. The molecule has 2 N–H and O–H groups in total. The van der Waals surface area contributed by atoms with E-state index in [9.17, 15) is 4.79 Å².